The van der Waals surface area contributed by atoms with Gasteiger partial charge in [-0.05, 0) is 25.1 Å². The highest BCUT2D eigenvalue weighted by molar-refractivity contribution is 8.00. The summed E-state index contributed by atoms with van der Waals surface area (Å²) in [6.45, 7) is 2.03. The SMILES string of the molecule is CC1=CC2C(=O)c3ccc(Cl)cc3SC2C=C1. The summed E-state index contributed by atoms with van der Waals surface area (Å²) in [4.78, 5) is 13.4. The van der Waals surface area contributed by atoms with E-state index >= 15 is 0 Å². The summed E-state index contributed by atoms with van der Waals surface area (Å²) in [5.74, 6) is 0.197. The number of benzene rings is 1. The van der Waals surface area contributed by atoms with E-state index in [1.807, 2.05) is 19.1 Å². The van der Waals surface area contributed by atoms with Crippen molar-refractivity contribution in [2.75, 3.05) is 0 Å². The van der Waals surface area contributed by atoms with Gasteiger partial charge in [0.2, 0.25) is 0 Å². The molecule has 86 valence electrons. The number of hydrogen-bond donors (Lipinski definition) is 0. The minimum atomic E-state index is -0.0151. The van der Waals surface area contributed by atoms with Crippen molar-refractivity contribution >= 4 is 29.1 Å². The average Bonchev–Trinajstić information content (AvgIpc) is 2.30. The second-order valence-corrected chi connectivity index (χ2v) is 6.04. The number of rotatable bonds is 0. The van der Waals surface area contributed by atoms with Gasteiger partial charge in [0, 0.05) is 20.7 Å². The molecule has 1 heterocycles. The molecule has 0 bridgehead atoms. The fourth-order valence-electron chi connectivity index (χ4n) is 2.26. The Morgan fingerprint density at radius 1 is 1.35 bits per heavy atom. The first-order chi connectivity index (χ1) is 8.15. The van der Waals surface area contributed by atoms with Crippen molar-refractivity contribution in [3.63, 3.8) is 0 Å². The van der Waals surface area contributed by atoms with Gasteiger partial charge < -0.3 is 0 Å². The zero-order valence-electron chi connectivity index (χ0n) is 9.31. The Labute approximate surface area is 110 Å². The molecule has 2 aliphatic rings. The average molecular weight is 263 g/mol. The summed E-state index contributed by atoms with van der Waals surface area (Å²) >= 11 is 7.69. The van der Waals surface area contributed by atoms with Gasteiger partial charge in [-0.15, -0.1) is 11.8 Å². The molecule has 1 aromatic rings. The number of allylic oxidation sites excluding steroid dienone is 3. The summed E-state index contributed by atoms with van der Waals surface area (Å²) < 4.78 is 0. The number of halogens is 1. The van der Waals surface area contributed by atoms with Crippen molar-refractivity contribution in [2.24, 2.45) is 5.92 Å². The van der Waals surface area contributed by atoms with Gasteiger partial charge in [-0.2, -0.15) is 0 Å². The predicted molar refractivity (Wildman–Crippen MR) is 71.8 cm³/mol. The minimum Gasteiger partial charge on any atom is -0.293 e. The summed E-state index contributed by atoms with van der Waals surface area (Å²) in [5, 5.41) is 0.908. The third-order valence-corrected chi connectivity index (χ3v) is 4.67. The van der Waals surface area contributed by atoms with Gasteiger partial charge in [-0.1, -0.05) is 35.4 Å². The maximum atomic E-state index is 12.4. The van der Waals surface area contributed by atoms with Crippen molar-refractivity contribution in [1.82, 2.24) is 0 Å². The third-order valence-electron chi connectivity index (χ3n) is 3.12. The smallest absolute Gasteiger partial charge is 0.172 e. The van der Waals surface area contributed by atoms with E-state index in [-0.39, 0.29) is 17.0 Å². The lowest BCUT2D eigenvalue weighted by Crippen LogP contribution is -2.29. The van der Waals surface area contributed by atoms with Crippen LogP contribution < -0.4 is 0 Å². The van der Waals surface area contributed by atoms with Crippen LogP contribution in [0.15, 0.2) is 46.9 Å². The van der Waals surface area contributed by atoms with Crippen LogP contribution >= 0.6 is 23.4 Å². The van der Waals surface area contributed by atoms with Gasteiger partial charge in [-0.25, -0.2) is 0 Å². The zero-order chi connectivity index (χ0) is 12.0. The van der Waals surface area contributed by atoms with Crippen molar-refractivity contribution in [3.05, 3.63) is 52.6 Å². The van der Waals surface area contributed by atoms with E-state index in [2.05, 4.69) is 18.2 Å². The highest BCUT2D eigenvalue weighted by Crippen LogP contribution is 2.42. The van der Waals surface area contributed by atoms with Crippen LogP contribution in [0.1, 0.15) is 17.3 Å². The first kappa shape index (κ1) is 11.1. The summed E-state index contributed by atoms with van der Waals surface area (Å²) in [7, 11) is 0. The van der Waals surface area contributed by atoms with Crippen LogP contribution in [0, 0.1) is 5.92 Å². The molecule has 0 spiro atoms. The molecule has 2 unspecified atom stereocenters. The normalized spacial score (nSPS) is 26.2. The lowest BCUT2D eigenvalue weighted by atomic mass is 9.88. The van der Waals surface area contributed by atoms with E-state index in [0.717, 1.165) is 16.0 Å². The molecule has 0 aromatic heterocycles. The van der Waals surface area contributed by atoms with E-state index in [9.17, 15) is 4.79 Å². The molecule has 0 saturated carbocycles. The largest absolute Gasteiger partial charge is 0.293 e. The van der Waals surface area contributed by atoms with Crippen LogP contribution in [0.5, 0.6) is 0 Å². The number of Topliss-reactive ketones (excluding diaryl/α,β-unsaturated/α-hetero) is 1. The molecule has 3 rings (SSSR count). The molecule has 1 nitrogen and oxygen atoms in total. The molecule has 1 aromatic carbocycles. The van der Waals surface area contributed by atoms with Gasteiger partial charge >= 0.3 is 0 Å². The molecule has 2 atom stereocenters. The standard InChI is InChI=1S/C14H11ClOS/c1-8-2-5-12-11(6-8)14(16)10-4-3-9(15)7-13(10)17-12/h2-7,11-12H,1H3. The molecule has 17 heavy (non-hydrogen) atoms. The number of carbonyl (C=O) groups excluding carboxylic acids is 1. The van der Waals surface area contributed by atoms with Crippen LogP contribution in [-0.4, -0.2) is 11.0 Å². The van der Waals surface area contributed by atoms with Crippen LogP contribution in [0.25, 0.3) is 0 Å². The molecule has 3 heteroatoms. The Morgan fingerprint density at radius 3 is 3.00 bits per heavy atom. The fourth-order valence-corrected chi connectivity index (χ4v) is 3.79. The molecule has 0 saturated heterocycles. The van der Waals surface area contributed by atoms with Crippen molar-refractivity contribution in [1.29, 1.82) is 0 Å². The van der Waals surface area contributed by atoms with E-state index in [4.69, 9.17) is 11.6 Å². The van der Waals surface area contributed by atoms with Crippen molar-refractivity contribution in [3.8, 4) is 0 Å². The topological polar surface area (TPSA) is 17.1 Å². The third kappa shape index (κ3) is 1.85. The second kappa shape index (κ2) is 4.04. The first-order valence-electron chi connectivity index (χ1n) is 5.52. The summed E-state index contributed by atoms with van der Waals surface area (Å²) in [5.41, 5.74) is 1.97. The van der Waals surface area contributed by atoms with Gasteiger partial charge in [0.15, 0.2) is 5.78 Å². The van der Waals surface area contributed by atoms with E-state index in [1.165, 1.54) is 0 Å². The lowest BCUT2D eigenvalue weighted by Gasteiger charge is -2.30. The van der Waals surface area contributed by atoms with Gasteiger partial charge in [0.05, 0.1) is 5.92 Å². The molecule has 0 fully saturated rings. The predicted octanol–water partition coefficient (Wildman–Crippen LogP) is 4.13. The van der Waals surface area contributed by atoms with Crippen molar-refractivity contribution < 1.29 is 4.79 Å². The highest BCUT2D eigenvalue weighted by atomic mass is 35.5. The highest BCUT2D eigenvalue weighted by Gasteiger charge is 2.34. The quantitative estimate of drug-likeness (QED) is 0.699. The zero-order valence-corrected chi connectivity index (χ0v) is 10.9. The van der Waals surface area contributed by atoms with Crippen molar-refractivity contribution in [2.45, 2.75) is 17.1 Å². The van der Waals surface area contributed by atoms with E-state index in [1.54, 1.807) is 17.8 Å². The number of carbonyl (C=O) groups is 1. The molecule has 0 N–H and O–H groups in total. The Balaban J connectivity index is 2.09. The monoisotopic (exact) mass is 262 g/mol. The minimum absolute atomic E-state index is 0.0151. The molecule has 0 amide bonds. The number of ketones is 1. The van der Waals surface area contributed by atoms with Crippen LogP contribution in [-0.2, 0) is 0 Å². The fraction of sp³-hybridized carbons (Fsp3) is 0.214. The molecule has 1 aliphatic carbocycles. The molecular formula is C14H11ClOS. The van der Waals surface area contributed by atoms with Gasteiger partial charge in [0.25, 0.3) is 0 Å². The lowest BCUT2D eigenvalue weighted by molar-refractivity contribution is 0.0941. The molecule has 0 radical (unpaired) electrons. The van der Waals surface area contributed by atoms with Gasteiger partial charge in [-0.3, -0.25) is 4.79 Å². The van der Waals surface area contributed by atoms with Crippen LogP contribution in [0.3, 0.4) is 0 Å². The maximum absolute atomic E-state index is 12.4. The van der Waals surface area contributed by atoms with Crippen LogP contribution in [0.4, 0.5) is 0 Å². The Hall–Kier alpha value is -0.990. The first-order valence-corrected chi connectivity index (χ1v) is 6.78. The molecular weight excluding hydrogens is 252 g/mol. The molecule has 1 aliphatic heterocycles. The second-order valence-electron chi connectivity index (χ2n) is 4.38. The summed E-state index contributed by atoms with van der Waals surface area (Å²) in [6.07, 6.45) is 6.26. The van der Waals surface area contributed by atoms with E-state index < -0.39 is 0 Å². The Kier molecular flexibility index (Phi) is 2.64. The maximum Gasteiger partial charge on any atom is 0.172 e. The number of thioether (sulfide) groups is 1. The van der Waals surface area contributed by atoms with Gasteiger partial charge in [0.1, 0.15) is 0 Å². The van der Waals surface area contributed by atoms with E-state index in [0.29, 0.717) is 5.02 Å². The Morgan fingerprint density at radius 2 is 2.18 bits per heavy atom. The Bertz CT molecular complexity index is 559. The number of hydrogen-bond acceptors (Lipinski definition) is 2. The number of fused-ring (bicyclic) bond motifs is 2. The summed E-state index contributed by atoms with van der Waals surface area (Å²) in [6, 6.07) is 5.51. The van der Waals surface area contributed by atoms with Crippen LogP contribution in [0.2, 0.25) is 5.02 Å².